The molecule has 2 rings (SSSR count). The van der Waals surface area contributed by atoms with Crippen molar-refractivity contribution in [3.8, 4) is 0 Å². The lowest BCUT2D eigenvalue weighted by Gasteiger charge is -2.33. The molecule has 0 unspecified atom stereocenters. The summed E-state index contributed by atoms with van der Waals surface area (Å²) in [7, 11) is -3.10. The molecule has 3 nitrogen and oxygen atoms in total. The second-order valence-corrected chi connectivity index (χ2v) is 6.51. The molecule has 0 aromatic heterocycles. The third kappa shape index (κ3) is 1.99. The summed E-state index contributed by atoms with van der Waals surface area (Å²) in [6.45, 7) is 4.56. The molecule has 0 fully saturated rings. The highest BCUT2D eigenvalue weighted by atomic mass is 32.2. The maximum atomic E-state index is 11.6. The second-order valence-electron chi connectivity index (χ2n) is 4.57. The van der Waals surface area contributed by atoms with Crippen LogP contribution in [0.5, 0.6) is 0 Å². The first kappa shape index (κ1) is 11.6. The van der Waals surface area contributed by atoms with E-state index >= 15 is 0 Å². The van der Waals surface area contributed by atoms with Crippen molar-refractivity contribution in [2.75, 3.05) is 6.26 Å². The van der Waals surface area contributed by atoms with Crippen molar-refractivity contribution in [3.05, 3.63) is 34.9 Å². The Morgan fingerprint density at radius 3 is 2.69 bits per heavy atom. The molecule has 1 atom stereocenters. The van der Waals surface area contributed by atoms with Crippen LogP contribution >= 0.6 is 0 Å². The van der Waals surface area contributed by atoms with E-state index in [0.717, 1.165) is 12.0 Å². The third-order valence-corrected chi connectivity index (χ3v) is 4.59. The summed E-state index contributed by atoms with van der Waals surface area (Å²) in [5.41, 5.74) is 3.72. The van der Waals surface area contributed by atoms with Gasteiger partial charge < -0.3 is 0 Å². The molecule has 1 aliphatic rings. The molecule has 0 amide bonds. The van der Waals surface area contributed by atoms with Crippen molar-refractivity contribution >= 4 is 10.0 Å². The molecule has 88 valence electrons. The van der Waals surface area contributed by atoms with Gasteiger partial charge in [0.2, 0.25) is 10.0 Å². The van der Waals surface area contributed by atoms with Gasteiger partial charge >= 0.3 is 0 Å². The largest absolute Gasteiger partial charge is 0.212 e. The summed E-state index contributed by atoms with van der Waals surface area (Å²) in [5, 5.41) is 0. The number of rotatable bonds is 1. The monoisotopic (exact) mass is 239 g/mol. The Morgan fingerprint density at radius 2 is 2.06 bits per heavy atom. The van der Waals surface area contributed by atoms with Crippen LogP contribution in [0.2, 0.25) is 0 Å². The van der Waals surface area contributed by atoms with Crippen molar-refractivity contribution in [2.24, 2.45) is 0 Å². The zero-order valence-corrected chi connectivity index (χ0v) is 10.7. The van der Waals surface area contributed by atoms with E-state index in [4.69, 9.17) is 0 Å². The number of nitrogens with zero attached hydrogens (tertiary/aromatic N) is 1. The smallest absolute Gasteiger partial charge is 0.211 e. The number of hydrogen-bond acceptors (Lipinski definition) is 2. The van der Waals surface area contributed by atoms with Gasteiger partial charge in [-0.3, -0.25) is 0 Å². The van der Waals surface area contributed by atoms with Crippen LogP contribution in [0, 0.1) is 6.92 Å². The Labute approximate surface area is 97.1 Å². The lowest BCUT2D eigenvalue weighted by Crippen LogP contribution is -2.42. The van der Waals surface area contributed by atoms with E-state index in [0.29, 0.717) is 6.54 Å². The molecule has 1 aliphatic heterocycles. The van der Waals surface area contributed by atoms with E-state index < -0.39 is 10.0 Å². The van der Waals surface area contributed by atoms with E-state index in [-0.39, 0.29) is 6.04 Å². The molecule has 16 heavy (non-hydrogen) atoms. The first-order chi connectivity index (χ1) is 7.39. The molecule has 1 aromatic rings. The van der Waals surface area contributed by atoms with Gasteiger partial charge in [-0.15, -0.1) is 0 Å². The highest BCUT2D eigenvalue weighted by Crippen LogP contribution is 2.27. The predicted molar refractivity (Wildman–Crippen MR) is 64.7 cm³/mol. The van der Waals surface area contributed by atoms with Crippen LogP contribution in [0.1, 0.15) is 23.6 Å². The Kier molecular flexibility index (Phi) is 2.80. The van der Waals surface area contributed by atoms with Crippen LogP contribution in [0.4, 0.5) is 0 Å². The van der Waals surface area contributed by atoms with Crippen molar-refractivity contribution in [1.29, 1.82) is 0 Å². The molecular weight excluding hydrogens is 222 g/mol. The molecular formula is C12H17NO2S. The van der Waals surface area contributed by atoms with Crippen LogP contribution in [0.15, 0.2) is 18.2 Å². The lowest BCUT2D eigenvalue weighted by molar-refractivity contribution is 0.311. The molecule has 1 heterocycles. The highest BCUT2D eigenvalue weighted by Gasteiger charge is 2.29. The van der Waals surface area contributed by atoms with E-state index in [1.165, 1.54) is 17.4 Å². The Hall–Kier alpha value is -0.870. The molecule has 0 bridgehead atoms. The summed E-state index contributed by atoms with van der Waals surface area (Å²) in [6.07, 6.45) is 2.10. The molecule has 0 saturated heterocycles. The van der Waals surface area contributed by atoms with Crippen molar-refractivity contribution < 1.29 is 8.42 Å². The number of sulfonamides is 1. The van der Waals surface area contributed by atoms with Crippen molar-refractivity contribution in [3.63, 3.8) is 0 Å². The summed E-state index contributed by atoms with van der Waals surface area (Å²) in [4.78, 5) is 0. The molecule has 0 aliphatic carbocycles. The maximum Gasteiger partial charge on any atom is 0.211 e. The normalized spacial score (nSPS) is 21.8. The van der Waals surface area contributed by atoms with E-state index in [2.05, 4.69) is 13.0 Å². The Bertz CT molecular complexity index is 508. The average molecular weight is 239 g/mol. The van der Waals surface area contributed by atoms with Crippen molar-refractivity contribution in [1.82, 2.24) is 4.31 Å². The van der Waals surface area contributed by atoms with Crippen LogP contribution in [-0.2, 0) is 23.0 Å². The fraction of sp³-hybridized carbons (Fsp3) is 0.500. The number of fused-ring (bicyclic) bond motifs is 1. The first-order valence-electron chi connectivity index (χ1n) is 5.44. The summed E-state index contributed by atoms with van der Waals surface area (Å²) < 4.78 is 24.8. The van der Waals surface area contributed by atoms with Gasteiger partial charge in [0.15, 0.2) is 0 Å². The quantitative estimate of drug-likeness (QED) is 0.748. The fourth-order valence-corrected chi connectivity index (χ4v) is 3.47. The van der Waals surface area contributed by atoms with Gasteiger partial charge in [-0.1, -0.05) is 18.2 Å². The van der Waals surface area contributed by atoms with E-state index in [9.17, 15) is 8.42 Å². The van der Waals surface area contributed by atoms with Gasteiger partial charge in [0.25, 0.3) is 0 Å². The molecule has 0 radical (unpaired) electrons. The Balaban J connectivity index is 2.44. The van der Waals surface area contributed by atoms with Gasteiger partial charge in [0, 0.05) is 12.6 Å². The number of aryl methyl sites for hydroxylation is 1. The lowest BCUT2D eigenvalue weighted by atomic mass is 9.93. The van der Waals surface area contributed by atoms with Gasteiger partial charge in [0.1, 0.15) is 0 Å². The predicted octanol–water partition coefficient (Wildman–Crippen LogP) is 1.70. The van der Waals surface area contributed by atoms with Gasteiger partial charge in [-0.2, -0.15) is 4.31 Å². The zero-order chi connectivity index (χ0) is 11.9. The summed E-state index contributed by atoms with van der Waals surface area (Å²) >= 11 is 0. The minimum Gasteiger partial charge on any atom is -0.212 e. The van der Waals surface area contributed by atoms with Crippen LogP contribution in [0.25, 0.3) is 0 Å². The van der Waals surface area contributed by atoms with E-state index in [1.807, 2.05) is 19.1 Å². The molecule has 0 saturated carbocycles. The number of hydrogen-bond donors (Lipinski definition) is 0. The molecule has 1 aromatic carbocycles. The number of benzene rings is 1. The van der Waals surface area contributed by atoms with E-state index in [1.54, 1.807) is 4.31 Å². The molecule has 4 heteroatoms. The molecule has 0 N–H and O–H groups in total. The Morgan fingerprint density at radius 1 is 1.38 bits per heavy atom. The minimum absolute atomic E-state index is 0.0589. The summed E-state index contributed by atoms with van der Waals surface area (Å²) in [6, 6.07) is 6.15. The zero-order valence-electron chi connectivity index (χ0n) is 9.90. The maximum absolute atomic E-state index is 11.6. The van der Waals surface area contributed by atoms with Gasteiger partial charge in [-0.05, 0) is 37.0 Å². The van der Waals surface area contributed by atoms with Crippen LogP contribution in [-0.4, -0.2) is 25.0 Å². The minimum atomic E-state index is -3.10. The van der Waals surface area contributed by atoms with Crippen molar-refractivity contribution in [2.45, 2.75) is 32.9 Å². The molecule has 0 spiro atoms. The van der Waals surface area contributed by atoms with Gasteiger partial charge in [0.05, 0.1) is 6.26 Å². The second kappa shape index (κ2) is 3.86. The highest BCUT2D eigenvalue weighted by molar-refractivity contribution is 7.88. The van der Waals surface area contributed by atoms with Crippen LogP contribution in [0.3, 0.4) is 0 Å². The standard InChI is InChI=1S/C12H17NO2S/c1-9-5-4-6-11-8-13(16(3,14)15)10(2)7-12(9)11/h4-6,10H,7-8H2,1-3H3/t10-/m0/s1. The first-order valence-corrected chi connectivity index (χ1v) is 7.28. The average Bonchev–Trinajstić information content (AvgIpc) is 2.17. The topological polar surface area (TPSA) is 37.4 Å². The third-order valence-electron chi connectivity index (χ3n) is 3.25. The SMILES string of the molecule is Cc1cccc2c1C[C@H](C)N(S(C)(=O)=O)C2. The summed E-state index contributed by atoms with van der Waals surface area (Å²) in [5.74, 6) is 0. The fourth-order valence-electron chi connectivity index (χ4n) is 2.37. The van der Waals surface area contributed by atoms with Gasteiger partial charge in [-0.25, -0.2) is 8.42 Å². The van der Waals surface area contributed by atoms with Crippen LogP contribution < -0.4 is 0 Å².